The van der Waals surface area contributed by atoms with Crippen LogP contribution in [-0.2, 0) is 4.74 Å². The van der Waals surface area contributed by atoms with Crippen LogP contribution in [0.3, 0.4) is 0 Å². The van der Waals surface area contributed by atoms with Crippen LogP contribution in [-0.4, -0.2) is 18.6 Å². The fourth-order valence-corrected chi connectivity index (χ4v) is 1.98. The van der Waals surface area contributed by atoms with Crippen molar-refractivity contribution in [3.8, 4) is 0 Å². The van der Waals surface area contributed by atoms with Gasteiger partial charge in [-0.05, 0) is 30.9 Å². The van der Waals surface area contributed by atoms with E-state index in [2.05, 4.69) is 19.2 Å². The Hall–Kier alpha value is -1.71. The summed E-state index contributed by atoms with van der Waals surface area (Å²) in [5.74, 6) is -0.367. The van der Waals surface area contributed by atoms with Gasteiger partial charge in [0.25, 0.3) is 0 Å². The monoisotopic (exact) mass is 248 g/mol. The molecule has 0 heterocycles. The first-order chi connectivity index (χ1) is 8.45. The predicted octanol–water partition coefficient (Wildman–Crippen LogP) is 2.66. The smallest absolute Gasteiger partial charge is 0.340 e. The van der Waals surface area contributed by atoms with E-state index in [1.54, 1.807) is 13.0 Å². The number of ether oxygens (including phenoxy) is 1. The molecule has 1 aliphatic rings. The van der Waals surface area contributed by atoms with Gasteiger partial charge in [0, 0.05) is 6.04 Å². The molecule has 98 valence electrons. The molecule has 1 atom stereocenters. The quantitative estimate of drug-likeness (QED) is 0.635. The highest BCUT2D eigenvalue weighted by atomic mass is 16.5. The summed E-state index contributed by atoms with van der Waals surface area (Å²) in [6.07, 6.45) is 1.12. The number of nitrogens with two attached hydrogens (primary N) is 1. The van der Waals surface area contributed by atoms with Crippen LogP contribution in [0.1, 0.15) is 37.6 Å². The first-order valence-electron chi connectivity index (χ1n) is 6.28. The maximum Gasteiger partial charge on any atom is 0.340 e. The molecule has 0 bridgehead atoms. The highest BCUT2D eigenvalue weighted by Crippen LogP contribution is 2.47. The lowest BCUT2D eigenvalue weighted by Gasteiger charge is -2.13. The Morgan fingerprint density at radius 3 is 2.78 bits per heavy atom. The van der Waals surface area contributed by atoms with Gasteiger partial charge >= 0.3 is 5.97 Å². The zero-order valence-corrected chi connectivity index (χ0v) is 11.1. The van der Waals surface area contributed by atoms with Crippen molar-refractivity contribution in [3.05, 3.63) is 23.8 Å². The van der Waals surface area contributed by atoms with Gasteiger partial charge in [0.05, 0.1) is 23.5 Å². The van der Waals surface area contributed by atoms with Gasteiger partial charge in [0.15, 0.2) is 0 Å². The molecule has 1 aromatic carbocycles. The van der Waals surface area contributed by atoms with Gasteiger partial charge in [-0.15, -0.1) is 0 Å². The van der Waals surface area contributed by atoms with Crippen LogP contribution in [0.4, 0.5) is 11.4 Å². The lowest BCUT2D eigenvalue weighted by Crippen LogP contribution is -2.13. The van der Waals surface area contributed by atoms with Gasteiger partial charge < -0.3 is 15.8 Å². The SMILES string of the molecule is CCOC(=O)c1cccc(NC2CC2(C)C)c1N. The van der Waals surface area contributed by atoms with Gasteiger partial charge in [-0.2, -0.15) is 0 Å². The molecule has 0 saturated heterocycles. The number of rotatable bonds is 4. The summed E-state index contributed by atoms with van der Waals surface area (Å²) >= 11 is 0. The fourth-order valence-electron chi connectivity index (χ4n) is 1.98. The molecule has 0 aromatic heterocycles. The molecule has 18 heavy (non-hydrogen) atoms. The first-order valence-corrected chi connectivity index (χ1v) is 6.28. The number of carbonyl (C=O) groups is 1. The number of esters is 1. The normalized spacial score (nSPS) is 20.3. The van der Waals surface area contributed by atoms with E-state index in [1.165, 1.54) is 0 Å². The zero-order valence-electron chi connectivity index (χ0n) is 11.1. The van der Waals surface area contributed by atoms with Crippen LogP contribution in [0.2, 0.25) is 0 Å². The molecule has 3 N–H and O–H groups in total. The van der Waals surface area contributed by atoms with E-state index < -0.39 is 0 Å². The van der Waals surface area contributed by atoms with Crippen LogP contribution in [0, 0.1) is 5.41 Å². The second-order valence-corrected chi connectivity index (χ2v) is 5.38. The largest absolute Gasteiger partial charge is 0.462 e. The molecular formula is C14H20N2O2. The molecule has 4 nitrogen and oxygen atoms in total. The molecule has 0 radical (unpaired) electrons. The molecular weight excluding hydrogens is 228 g/mol. The van der Waals surface area contributed by atoms with E-state index in [0.29, 0.717) is 29.3 Å². The minimum atomic E-state index is -0.367. The molecule has 1 fully saturated rings. The van der Waals surface area contributed by atoms with E-state index in [4.69, 9.17) is 10.5 Å². The standard InChI is InChI=1S/C14H20N2O2/c1-4-18-13(17)9-6-5-7-10(12(9)15)16-11-8-14(11,2)3/h5-7,11,16H,4,8,15H2,1-3H3. The van der Waals surface area contributed by atoms with Crippen LogP contribution < -0.4 is 11.1 Å². The second kappa shape index (κ2) is 4.52. The fraction of sp³-hybridized carbons (Fsp3) is 0.500. The van der Waals surface area contributed by atoms with Crippen molar-refractivity contribution >= 4 is 17.3 Å². The Morgan fingerprint density at radius 1 is 1.56 bits per heavy atom. The Balaban J connectivity index is 2.17. The highest BCUT2D eigenvalue weighted by molar-refractivity contribution is 5.98. The van der Waals surface area contributed by atoms with E-state index in [1.807, 2.05) is 12.1 Å². The van der Waals surface area contributed by atoms with E-state index in [0.717, 1.165) is 12.1 Å². The van der Waals surface area contributed by atoms with Gasteiger partial charge in [-0.1, -0.05) is 19.9 Å². The third-order valence-corrected chi connectivity index (χ3v) is 3.44. The van der Waals surface area contributed by atoms with Crippen LogP contribution in [0.5, 0.6) is 0 Å². The minimum absolute atomic E-state index is 0.312. The van der Waals surface area contributed by atoms with Crippen molar-refractivity contribution in [3.63, 3.8) is 0 Å². The van der Waals surface area contributed by atoms with E-state index >= 15 is 0 Å². The lowest BCUT2D eigenvalue weighted by molar-refractivity contribution is 0.0527. The molecule has 0 amide bonds. The third-order valence-electron chi connectivity index (χ3n) is 3.44. The molecule has 0 spiro atoms. The van der Waals surface area contributed by atoms with Gasteiger partial charge in [-0.25, -0.2) is 4.79 Å². The Bertz CT molecular complexity index is 469. The number of nitrogen functional groups attached to an aromatic ring is 1. The number of carbonyl (C=O) groups excluding carboxylic acids is 1. The molecule has 1 aliphatic carbocycles. The van der Waals surface area contributed by atoms with Crippen molar-refractivity contribution in [1.29, 1.82) is 0 Å². The van der Waals surface area contributed by atoms with Crippen molar-refractivity contribution in [2.24, 2.45) is 5.41 Å². The van der Waals surface area contributed by atoms with Crippen molar-refractivity contribution < 1.29 is 9.53 Å². The minimum Gasteiger partial charge on any atom is -0.462 e. The Morgan fingerprint density at radius 2 is 2.22 bits per heavy atom. The summed E-state index contributed by atoms with van der Waals surface area (Å²) in [7, 11) is 0. The summed E-state index contributed by atoms with van der Waals surface area (Å²) in [4.78, 5) is 11.7. The van der Waals surface area contributed by atoms with E-state index in [9.17, 15) is 4.79 Å². The summed E-state index contributed by atoms with van der Waals surface area (Å²) in [6.45, 7) is 6.54. The first kappa shape index (κ1) is 12.7. The Kier molecular flexibility index (Phi) is 3.20. The topological polar surface area (TPSA) is 64.3 Å². The molecule has 1 aromatic rings. The molecule has 2 rings (SSSR count). The molecule has 4 heteroatoms. The average Bonchev–Trinajstić information content (AvgIpc) is 2.89. The molecule has 1 unspecified atom stereocenters. The number of para-hydroxylation sites is 1. The average molecular weight is 248 g/mol. The number of anilines is 2. The Labute approximate surface area is 108 Å². The summed E-state index contributed by atoms with van der Waals surface area (Å²) < 4.78 is 4.98. The van der Waals surface area contributed by atoms with Gasteiger partial charge in [-0.3, -0.25) is 0 Å². The van der Waals surface area contributed by atoms with Gasteiger partial charge in [0.1, 0.15) is 0 Å². The van der Waals surface area contributed by atoms with Crippen LogP contribution in [0.25, 0.3) is 0 Å². The molecule has 1 saturated carbocycles. The van der Waals surface area contributed by atoms with Crippen LogP contribution >= 0.6 is 0 Å². The predicted molar refractivity (Wildman–Crippen MR) is 72.6 cm³/mol. The van der Waals surface area contributed by atoms with Gasteiger partial charge in [0.2, 0.25) is 0 Å². The summed E-state index contributed by atoms with van der Waals surface area (Å²) in [6, 6.07) is 5.83. The lowest BCUT2D eigenvalue weighted by atomic mass is 10.1. The number of hydrogen-bond donors (Lipinski definition) is 2. The maximum atomic E-state index is 11.7. The number of hydrogen-bond acceptors (Lipinski definition) is 4. The highest BCUT2D eigenvalue weighted by Gasteiger charge is 2.45. The number of benzene rings is 1. The van der Waals surface area contributed by atoms with Crippen LogP contribution in [0.15, 0.2) is 18.2 Å². The van der Waals surface area contributed by atoms with E-state index in [-0.39, 0.29) is 5.97 Å². The third kappa shape index (κ3) is 2.42. The molecule has 0 aliphatic heterocycles. The number of nitrogens with one attached hydrogen (secondary N) is 1. The summed E-state index contributed by atoms with van der Waals surface area (Å²) in [5.41, 5.74) is 8.05. The maximum absolute atomic E-state index is 11.7. The second-order valence-electron chi connectivity index (χ2n) is 5.38. The van der Waals surface area contributed by atoms with Crippen molar-refractivity contribution in [2.45, 2.75) is 33.2 Å². The van der Waals surface area contributed by atoms with Crippen molar-refractivity contribution in [2.75, 3.05) is 17.7 Å². The summed E-state index contributed by atoms with van der Waals surface area (Å²) in [5, 5.41) is 3.38. The van der Waals surface area contributed by atoms with Crippen molar-refractivity contribution in [1.82, 2.24) is 0 Å². The zero-order chi connectivity index (χ0) is 13.3.